The van der Waals surface area contributed by atoms with Crippen molar-refractivity contribution in [1.82, 2.24) is 0 Å². The Morgan fingerprint density at radius 2 is 1.89 bits per heavy atom. The predicted octanol–water partition coefficient (Wildman–Crippen LogP) is 3.63. The van der Waals surface area contributed by atoms with Crippen molar-refractivity contribution >= 4 is 28.5 Å². The number of ether oxygens (including phenoxy) is 2. The molecule has 1 aromatic heterocycles. The van der Waals surface area contributed by atoms with Crippen molar-refractivity contribution in [2.75, 3.05) is 12.4 Å². The monoisotopic (exact) mass is 378 g/mol. The van der Waals surface area contributed by atoms with E-state index in [1.54, 1.807) is 36.4 Å². The molecule has 0 fully saturated rings. The fourth-order valence-electron chi connectivity index (χ4n) is 2.74. The van der Waals surface area contributed by atoms with Gasteiger partial charge in [-0.1, -0.05) is 30.3 Å². The first-order chi connectivity index (χ1) is 13.5. The lowest BCUT2D eigenvalue weighted by molar-refractivity contribution is -0.123. The van der Waals surface area contributed by atoms with E-state index in [1.165, 1.54) is 14.0 Å². The molecule has 0 aliphatic heterocycles. The Balaban J connectivity index is 1.77. The molecule has 0 saturated heterocycles. The Morgan fingerprint density at radius 3 is 2.64 bits per heavy atom. The largest absolute Gasteiger partial charge is 0.449 e. The zero-order chi connectivity index (χ0) is 20.1. The number of nitrogens with one attached hydrogen (secondary N) is 1. The number of nitriles is 1. The zero-order valence-electron chi connectivity index (χ0n) is 15.4. The van der Waals surface area contributed by atoms with E-state index in [0.717, 1.165) is 5.39 Å². The van der Waals surface area contributed by atoms with Crippen LogP contribution in [0.5, 0.6) is 0 Å². The van der Waals surface area contributed by atoms with Gasteiger partial charge in [-0.05, 0) is 25.1 Å². The number of fused-ring (bicyclic) bond motifs is 1. The maximum Gasteiger partial charge on any atom is 0.375 e. The lowest BCUT2D eigenvalue weighted by Gasteiger charge is -2.14. The molecule has 2 aromatic carbocycles. The molecule has 142 valence electrons. The van der Waals surface area contributed by atoms with Gasteiger partial charge in [0.05, 0.1) is 17.9 Å². The van der Waals surface area contributed by atoms with Crippen LogP contribution in [0.4, 0.5) is 5.69 Å². The standard InChI is InChI=1S/C21H18N2O5/c1-13(20(24)23-17-9-5-3-7-14(17)11-22)27-21(25)19-16(12-26-2)15-8-4-6-10-18(15)28-19/h3-10,13H,12H2,1-2H3,(H,23,24)/t13-/m1/s1. The topological polar surface area (TPSA) is 102 Å². The smallest absolute Gasteiger partial charge is 0.375 e. The number of carbonyl (C=O) groups excluding carboxylic acids is 2. The van der Waals surface area contributed by atoms with Crippen LogP contribution in [0.15, 0.2) is 52.9 Å². The molecule has 7 nitrogen and oxygen atoms in total. The van der Waals surface area contributed by atoms with Gasteiger partial charge < -0.3 is 19.2 Å². The Bertz CT molecular complexity index is 1060. The molecule has 0 aliphatic carbocycles. The molecule has 0 saturated carbocycles. The minimum Gasteiger partial charge on any atom is -0.449 e. The van der Waals surface area contributed by atoms with Gasteiger partial charge in [-0.25, -0.2) is 4.79 Å². The number of para-hydroxylation sites is 2. The van der Waals surface area contributed by atoms with E-state index < -0.39 is 18.0 Å². The second-order valence-electron chi connectivity index (χ2n) is 6.03. The molecule has 0 unspecified atom stereocenters. The van der Waals surface area contributed by atoms with E-state index in [9.17, 15) is 9.59 Å². The highest BCUT2D eigenvalue weighted by Gasteiger charge is 2.26. The highest BCUT2D eigenvalue weighted by Crippen LogP contribution is 2.27. The van der Waals surface area contributed by atoms with E-state index in [0.29, 0.717) is 22.4 Å². The SMILES string of the molecule is COCc1c(C(=O)O[C@H](C)C(=O)Nc2ccccc2C#N)oc2ccccc12. The summed E-state index contributed by atoms with van der Waals surface area (Å²) in [6, 6.07) is 15.7. The summed E-state index contributed by atoms with van der Waals surface area (Å²) in [5, 5.41) is 12.4. The highest BCUT2D eigenvalue weighted by molar-refractivity contribution is 5.99. The summed E-state index contributed by atoms with van der Waals surface area (Å²) in [4.78, 5) is 25.0. The summed E-state index contributed by atoms with van der Waals surface area (Å²) in [7, 11) is 1.51. The lowest BCUT2D eigenvalue weighted by Crippen LogP contribution is -2.30. The number of carbonyl (C=O) groups is 2. The van der Waals surface area contributed by atoms with Crippen LogP contribution >= 0.6 is 0 Å². The molecule has 3 rings (SSSR count). The van der Waals surface area contributed by atoms with Gasteiger partial charge in [0.2, 0.25) is 5.76 Å². The average molecular weight is 378 g/mol. The van der Waals surface area contributed by atoms with Gasteiger partial charge in [-0.15, -0.1) is 0 Å². The van der Waals surface area contributed by atoms with Gasteiger partial charge in [-0.3, -0.25) is 4.79 Å². The molecule has 1 atom stereocenters. The van der Waals surface area contributed by atoms with Crippen LogP contribution in [0.1, 0.15) is 28.6 Å². The Hall–Kier alpha value is -3.63. The molecule has 0 bridgehead atoms. The van der Waals surface area contributed by atoms with E-state index in [-0.39, 0.29) is 12.4 Å². The van der Waals surface area contributed by atoms with Gasteiger partial charge in [0.1, 0.15) is 11.7 Å². The van der Waals surface area contributed by atoms with Gasteiger partial charge in [-0.2, -0.15) is 5.26 Å². The summed E-state index contributed by atoms with van der Waals surface area (Å²) >= 11 is 0. The number of nitrogens with zero attached hydrogens (tertiary/aromatic N) is 1. The van der Waals surface area contributed by atoms with Crippen LogP contribution in [0, 0.1) is 11.3 Å². The average Bonchev–Trinajstić information content (AvgIpc) is 3.07. The van der Waals surface area contributed by atoms with Gasteiger partial charge in [0.15, 0.2) is 6.10 Å². The fourth-order valence-corrected chi connectivity index (χ4v) is 2.74. The Kier molecular flexibility index (Phi) is 5.72. The second-order valence-corrected chi connectivity index (χ2v) is 6.03. The van der Waals surface area contributed by atoms with Crippen molar-refractivity contribution in [3.8, 4) is 6.07 Å². The van der Waals surface area contributed by atoms with Crippen LogP contribution in [0.2, 0.25) is 0 Å². The molecule has 0 spiro atoms. The summed E-state index contributed by atoms with van der Waals surface area (Å²) in [6.07, 6.45) is -1.09. The van der Waals surface area contributed by atoms with Crippen molar-refractivity contribution in [1.29, 1.82) is 5.26 Å². The number of benzene rings is 2. The van der Waals surface area contributed by atoms with E-state index in [1.807, 2.05) is 18.2 Å². The van der Waals surface area contributed by atoms with Gasteiger partial charge in [0.25, 0.3) is 5.91 Å². The Morgan fingerprint density at radius 1 is 1.18 bits per heavy atom. The molecule has 3 aromatic rings. The van der Waals surface area contributed by atoms with Crippen LogP contribution in [0.3, 0.4) is 0 Å². The van der Waals surface area contributed by atoms with Crippen molar-refractivity contribution in [2.24, 2.45) is 0 Å². The molecule has 1 N–H and O–H groups in total. The summed E-state index contributed by atoms with van der Waals surface area (Å²) in [6.45, 7) is 1.61. The number of hydrogen-bond acceptors (Lipinski definition) is 6. The summed E-state index contributed by atoms with van der Waals surface area (Å²) in [5.41, 5.74) is 1.75. The molecule has 1 amide bonds. The lowest BCUT2D eigenvalue weighted by atomic mass is 10.1. The minimum atomic E-state index is -1.09. The number of rotatable bonds is 6. The number of methoxy groups -OCH3 is 1. The molecular formula is C21H18N2O5. The number of anilines is 1. The number of esters is 1. The third-order valence-electron chi connectivity index (χ3n) is 4.13. The first-order valence-corrected chi connectivity index (χ1v) is 8.55. The van der Waals surface area contributed by atoms with E-state index in [4.69, 9.17) is 19.2 Å². The van der Waals surface area contributed by atoms with Crippen LogP contribution < -0.4 is 5.32 Å². The fraction of sp³-hybridized carbons (Fsp3) is 0.190. The normalized spacial score (nSPS) is 11.6. The number of furan rings is 1. The third-order valence-corrected chi connectivity index (χ3v) is 4.13. The molecule has 28 heavy (non-hydrogen) atoms. The molecule has 1 heterocycles. The number of hydrogen-bond donors (Lipinski definition) is 1. The first-order valence-electron chi connectivity index (χ1n) is 8.55. The van der Waals surface area contributed by atoms with E-state index in [2.05, 4.69) is 5.32 Å². The maximum atomic E-state index is 12.6. The van der Waals surface area contributed by atoms with Crippen molar-refractivity contribution in [2.45, 2.75) is 19.6 Å². The third kappa shape index (κ3) is 3.87. The quantitative estimate of drug-likeness (QED) is 0.657. The molecule has 0 aliphatic rings. The summed E-state index contributed by atoms with van der Waals surface area (Å²) in [5.74, 6) is -1.32. The molecule has 7 heteroatoms. The maximum absolute atomic E-state index is 12.6. The van der Waals surface area contributed by atoms with E-state index >= 15 is 0 Å². The highest BCUT2D eigenvalue weighted by atomic mass is 16.6. The van der Waals surface area contributed by atoms with Crippen molar-refractivity contribution in [3.05, 3.63) is 65.4 Å². The predicted molar refractivity (Wildman–Crippen MR) is 102 cm³/mol. The van der Waals surface area contributed by atoms with Gasteiger partial charge in [0, 0.05) is 18.1 Å². The van der Waals surface area contributed by atoms with Crippen LogP contribution in [-0.4, -0.2) is 25.1 Å². The van der Waals surface area contributed by atoms with Crippen molar-refractivity contribution < 1.29 is 23.5 Å². The molecular weight excluding hydrogens is 360 g/mol. The first kappa shape index (κ1) is 19.1. The van der Waals surface area contributed by atoms with Gasteiger partial charge >= 0.3 is 5.97 Å². The van der Waals surface area contributed by atoms with Crippen LogP contribution in [0.25, 0.3) is 11.0 Å². The number of amides is 1. The van der Waals surface area contributed by atoms with Crippen molar-refractivity contribution in [3.63, 3.8) is 0 Å². The second kappa shape index (κ2) is 8.37. The summed E-state index contributed by atoms with van der Waals surface area (Å²) < 4.78 is 16.1. The van der Waals surface area contributed by atoms with Crippen LogP contribution in [-0.2, 0) is 20.9 Å². The zero-order valence-corrected chi connectivity index (χ0v) is 15.4. The molecule has 0 radical (unpaired) electrons. The Labute approximate surface area is 161 Å². The minimum absolute atomic E-state index is 0.000116.